The van der Waals surface area contributed by atoms with Gasteiger partial charge in [-0.05, 0) is 37.6 Å². The number of sulfone groups is 1. The van der Waals surface area contributed by atoms with E-state index in [4.69, 9.17) is 11.6 Å². The van der Waals surface area contributed by atoms with E-state index in [1.165, 1.54) is 11.8 Å². The number of nitrogens with zero attached hydrogens (tertiary/aromatic N) is 2. The molecule has 0 bridgehead atoms. The Morgan fingerprint density at radius 3 is 2.76 bits per heavy atom. The molecule has 1 amide bonds. The number of carbonyl (C=O) groups excluding carboxylic acids is 1. The normalized spacial score (nSPS) is 20.3. The van der Waals surface area contributed by atoms with Gasteiger partial charge in [-0.15, -0.1) is 0 Å². The molecule has 1 aromatic carbocycles. The van der Waals surface area contributed by atoms with Gasteiger partial charge in [-0.1, -0.05) is 23.4 Å². The zero-order chi connectivity index (χ0) is 18.0. The first kappa shape index (κ1) is 18.3. The van der Waals surface area contributed by atoms with Gasteiger partial charge in [0.05, 0.1) is 16.8 Å². The van der Waals surface area contributed by atoms with Crippen molar-refractivity contribution < 1.29 is 13.2 Å². The number of hydrogen-bond acceptors (Lipinski definition) is 5. The van der Waals surface area contributed by atoms with Crippen LogP contribution in [0.15, 0.2) is 41.8 Å². The molecule has 0 aliphatic carbocycles. The van der Waals surface area contributed by atoms with Gasteiger partial charge in [0.2, 0.25) is 5.91 Å². The molecule has 6 nitrogen and oxygen atoms in total. The van der Waals surface area contributed by atoms with E-state index in [2.05, 4.69) is 10.3 Å². The molecule has 25 heavy (non-hydrogen) atoms. The molecular formula is C16H18ClN3O3S2. The van der Waals surface area contributed by atoms with E-state index in [1.54, 1.807) is 25.3 Å². The fraction of sp³-hybridized carbons (Fsp3) is 0.375. The van der Waals surface area contributed by atoms with E-state index in [9.17, 15) is 13.2 Å². The summed E-state index contributed by atoms with van der Waals surface area (Å²) in [5, 5.41) is 3.76. The van der Waals surface area contributed by atoms with Crippen LogP contribution >= 0.6 is 23.4 Å². The van der Waals surface area contributed by atoms with E-state index in [0.29, 0.717) is 16.6 Å². The molecule has 0 radical (unpaired) electrons. The quantitative estimate of drug-likeness (QED) is 0.780. The van der Waals surface area contributed by atoms with Gasteiger partial charge < -0.3 is 5.32 Å². The predicted octanol–water partition coefficient (Wildman–Crippen LogP) is 2.31. The van der Waals surface area contributed by atoms with Crippen molar-refractivity contribution in [1.29, 1.82) is 0 Å². The minimum Gasteiger partial charge on any atom is -0.351 e. The molecule has 1 fully saturated rings. The number of imidazole rings is 1. The summed E-state index contributed by atoms with van der Waals surface area (Å²) in [6, 6.07) is 7.05. The topological polar surface area (TPSA) is 81.1 Å². The van der Waals surface area contributed by atoms with Gasteiger partial charge in [0, 0.05) is 29.1 Å². The Hall–Kier alpha value is -1.51. The van der Waals surface area contributed by atoms with Crippen molar-refractivity contribution in [2.45, 2.75) is 29.8 Å². The Kier molecular flexibility index (Phi) is 5.41. The third-order valence-electron chi connectivity index (χ3n) is 3.94. The Bertz CT molecular complexity index is 865. The zero-order valence-corrected chi connectivity index (χ0v) is 15.9. The molecule has 1 N–H and O–H groups in total. The number of hydrogen-bond donors (Lipinski definition) is 1. The van der Waals surface area contributed by atoms with Crippen LogP contribution in [-0.2, 0) is 14.6 Å². The first-order valence-electron chi connectivity index (χ1n) is 7.81. The van der Waals surface area contributed by atoms with Crippen molar-refractivity contribution in [2.24, 2.45) is 0 Å². The molecular weight excluding hydrogens is 382 g/mol. The van der Waals surface area contributed by atoms with Crippen molar-refractivity contribution in [3.05, 3.63) is 41.7 Å². The summed E-state index contributed by atoms with van der Waals surface area (Å²) in [5.41, 5.74) is 0.902. The molecule has 2 aromatic rings. The van der Waals surface area contributed by atoms with Crippen molar-refractivity contribution >= 4 is 39.1 Å². The lowest BCUT2D eigenvalue weighted by molar-refractivity contribution is -0.120. The Labute approximate surface area is 155 Å². The van der Waals surface area contributed by atoms with Crippen LogP contribution in [0.1, 0.15) is 13.3 Å². The molecule has 0 spiro atoms. The number of rotatable bonds is 5. The standard InChI is InChI=1S/C16H18ClN3O3S2/c1-11(15(21)19-13-6-9-25(22,23)10-13)24-16-18-7-8-20(16)14-4-2-12(17)3-5-14/h2-5,7-8,11,13H,6,9-10H2,1H3,(H,19,21)/t11-,13+/m1/s1. The molecule has 0 unspecified atom stereocenters. The number of nitrogens with one attached hydrogen (secondary N) is 1. The number of carbonyl (C=O) groups is 1. The van der Waals surface area contributed by atoms with Gasteiger partial charge in [0.25, 0.3) is 0 Å². The third-order valence-corrected chi connectivity index (χ3v) is 7.04. The lowest BCUT2D eigenvalue weighted by Gasteiger charge is -2.16. The maximum absolute atomic E-state index is 12.3. The first-order chi connectivity index (χ1) is 11.8. The molecule has 134 valence electrons. The summed E-state index contributed by atoms with van der Waals surface area (Å²) < 4.78 is 24.9. The minimum absolute atomic E-state index is 0.0233. The van der Waals surface area contributed by atoms with Crippen LogP contribution in [0.4, 0.5) is 0 Å². The Morgan fingerprint density at radius 2 is 2.12 bits per heavy atom. The maximum atomic E-state index is 12.3. The molecule has 1 aliphatic heterocycles. The highest BCUT2D eigenvalue weighted by atomic mass is 35.5. The second kappa shape index (κ2) is 7.39. The van der Waals surface area contributed by atoms with Crippen LogP contribution in [0.2, 0.25) is 5.02 Å². The molecule has 1 saturated heterocycles. The Morgan fingerprint density at radius 1 is 1.40 bits per heavy atom. The highest BCUT2D eigenvalue weighted by Crippen LogP contribution is 2.25. The molecule has 1 aliphatic rings. The van der Waals surface area contributed by atoms with E-state index in [-0.39, 0.29) is 23.5 Å². The number of benzene rings is 1. The molecule has 0 saturated carbocycles. The summed E-state index contributed by atoms with van der Waals surface area (Å²) in [6.07, 6.45) is 3.97. The number of amides is 1. The van der Waals surface area contributed by atoms with Gasteiger partial charge in [-0.3, -0.25) is 9.36 Å². The van der Waals surface area contributed by atoms with Crippen LogP contribution in [0, 0.1) is 0 Å². The molecule has 9 heteroatoms. The molecule has 1 aromatic heterocycles. The van der Waals surface area contributed by atoms with Gasteiger partial charge in [0.15, 0.2) is 15.0 Å². The monoisotopic (exact) mass is 399 g/mol. The second-order valence-corrected chi connectivity index (χ2v) is 9.90. The highest BCUT2D eigenvalue weighted by molar-refractivity contribution is 8.00. The van der Waals surface area contributed by atoms with Crippen LogP contribution in [-0.4, -0.2) is 46.7 Å². The largest absolute Gasteiger partial charge is 0.351 e. The van der Waals surface area contributed by atoms with Crippen molar-refractivity contribution in [2.75, 3.05) is 11.5 Å². The number of halogens is 1. The average Bonchev–Trinajstić information content (AvgIpc) is 3.14. The fourth-order valence-corrected chi connectivity index (χ4v) is 5.31. The van der Waals surface area contributed by atoms with Crippen molar-refractivity contribution in [3.63, 3.8) is 0 Å². The van der Waals surface area contributed by atoms with E-state index in [1.807, 2.05) is 22.9 Å². The summed E-state index contributed by atoms with van der Waals surface area (Å²) in [6.45, 7) is 1.78. The summed E-state index contributed by atoms with van der Waals surface area (Å²) >= 11 is 7.24. The summed E-state index contributed by atoms with van der Waals surface area (Å²) in [5.74, 6) is -0.0200. The van der Waals surface area contributed by atoms with Crippen molar-refractivity contribution in [1.82, 2.24) is 14.9 Å². The summed E-state index contributed by atoms with van der Waals surface area (Å²) in [4.78, 5) is 16.7. The SMILES string of the molecule is C[C@@H](Sc1nccn1-c1ccc(Cl)cc1)C(=O)N[C@H]1CCS(=O)(=O)C1. The lowest BCUT2D eigenvalue weighted by atomic mass is 10.2. The zero-order valence-electron chi connectivity index (χ0n) is 13.6. The van der Waals surface area contributed by atoms with Crippen LogP contribution < -0.4 is 5.32 Å². The van der Waals surface area contributed by atoms with Gasteiger partial charge in [-0.25, -0.2) is 13.4 Å². The van der Waals surface area contributed by atoms with Crippen LogP contribution in [0.5, 0.6) is 0 Å². The third kappa shape index (κ3) is 4.56. The number of aromatic nitrogens is 2. The van der Waals surface area contributed by atoms with Crippen LogP contribution in [0.25, 0.3) is 5.69 Å². The first-order valence-corrected chi connectivity index (χ1v) is 10.9. The second-order valence-electron chi connectivity index (χ2n) is 5.92. The van der Waals surface area contributed by atoms with Gasteiger partial charge in [-0.2, -0.15) is 0 Å². The van der Waals surface area contributed by atoms with E-state index < -0.39 is 15.1 Å². The Balaban J connectivity index is 1.65. The van der Waals surface area contributed by atoms with E-state index >= 15 is 0 Å². The lowest BCUT2D eigenvalue weighted by Crippen LogP contribution is -2.40. The number of thioether (sulfide) groups is 1. The smallest absolute Gasteiger partial charge is 0.233 e. The highest BCUT2D eigenvalue weighted by Gasteiger charge is 2.30. The molecule has 3 rings (SSSR count). The van der Waals surface area contributed by atoms with Gasteiger partial charge >= 0.3 is 0 Å². The predicted molar refractivity (Wildman–Crippen MR) is 99.1 cm³/mol. The van der Waals surface area contributed by atoms with Crippen LogP contribution in [0.3, 0.4) is 0 Å². The van der Waals surface area contributed by atoms with Crippen molar-refractivity contribution in [3.8, 4) is 5.69 Å². The average molecular weight is 400 g/mol. The fourth-order valence-electron chi connectivity index (χ4n) is 2.61. The van der Waals surface area contributed by atoms with E-state index in [0.717, 1.165) is 5.69 Å². The minimum atomic E-state index is -3.01. The molecule has 2 atom stereocenters. The summed E-state index contributed by atoms with van der Waals surface area (Å²) in [7, 11) is -3.01. The van der Waals surface area contributed by atoms with Gasteiger partial charge in [0.1, 0.15) is 0 Å². The molecule has 2 heterocycles. The maximum Gasteiger partial charge on any atom is 0.233 e.